The highest BCUT2D eigenvalue weighted by Crippen LogP contribution is 2.24. The second-order valence-corrected chi connectivity index (χ2v) is 5.15. The lowest BCUT2D eigenvalue weighted by Crippen LogP contribution is -2.26. The second-order valence-electron chi connectivity index (χ2n) is 3.59. The number of aromatic nitrogens is 2. The predicted molar refractivity (Wildman–Crippen MR) is 68.8 cm³/mol. The summed E-state index contributed by atoms with van der Waals surface area (Å²) in [4.78, 5) is 8.11. The van der Waals surface area contributed by atoms with Crippen molar-refractivity contribution in [1.29, 1.82) is 0 Å². The number of hydrogen-bond acceptors (Lipinski definition) is 6. The van der Waals surface area contributed by atoms with E-state index in [1.165, 1.54) is 12.2 Å². The summed E-state index contributed by atoms with van der Waals surface area (Å²) in [5.74, 6) is 8.60. The second kappa shape index (κ2) is 5.56. The minimum Gasteiger partial charge on any atom is -0.365 e. The molecule has 5 nitrogen and oxygen atoms in total. The Bertz CT molecular complexity index is 356. The highest BCUT2D eigenvalue weighted by Gasteiger charge is 2.15. The minimum absolute atomic E-state index is 0.371. The van der Waals surface area contributed by atoms with E-state index in [1.807, 2.05) is 11.8 Å². The molecule has 0 saturated carbocycles. The van der Waals surface area contributed by atoms with Crippen molar-refractivity contribution in [2.45, 2.75) is 18.9 Å². The van der Waals surface area contributed by atoms with Gasteiger partial charge in [0.15, 0.2) is 5.82 Å². The molecule has 0 spiro atoms. The smallest absolute Gasteiger partial charge is 0.239 e. The van der Waals surface area contributed by atoms with Crippen molar-refractivity contribution >= 4 is 35.1 Å². The molecule has 0 amide bonds. The lowest BCUT2D eigenvalue weighted by molar-refractivity contribution is 0.682. The maximum absolute atomic E-state index is 6.01. The molecule has 1 unspecified atom stereocenters. The monoisotopic (exact) mass is 259 g/mol. The Kier molecular flexibility index (Phi) is 4.09. The molecule has 2 rings (SSSR count). The lowest BCUT2D eigenvalue weighted by Gasteiger charge is -2.23. The zero-order chi connectivity index (χ0) is 11.4. The van der Waals surface area contributed by atoms with Gasteiger partial charge in [0.2, 0.25) is 5.95 Å². The summed E-state index contributed by atoms with van der Waals surface area (Å²) in [5.41, 5.74) is 2.41. The molecule has 1 aliphatic heterocycles. The summed E-state index contributed by atoms with van der Waals surface area (Å²) >= 11 is 7.96. The van der Waals surface area contributed by atoms with Gasteiger partial charge in [0, 0.05) is 11.8 Å². The highest BCUT2D eigenvalue weighted by atomic mass is 35.5. The third kappa shape index (κ3) is 2.90. The first-order valence-electron chi connectivity index (χ1n) is 5.13. The van der Waals surface area contributed by atoms with Gasteiger partial charge in [-0.25, -0.2) is 10.8 Å². The van der Waals surface area contributed by atoms with E-state index in [0.29, 0.717) is 22.8 Å². The Balaban J connectivity index is 2.06. The quantitative estimate of drug-likeness (QED) is 0.567. The van der Waals surface area contributed by atoms with Gasteiger partial charge in [-0.2, -0.15) is 16.7 Å². The molecule has 0 aromatic carbocycles. The van der Waals surface area contributed by atoms with Crippen LogP contribution in [0.5, 0.6) is 0 Å². The van der Waals surface area contributed by atoms with E-state index >= 15 is 0 Å². The summed E-state index contributed by atoms with van der Waals surface area (Å²) in [6.45, 7) is 0. The van der Waals surface area contributed by atoms with Crippen molar-refractivity contribution in [3.8, 4) is 0 Å². The van der Waals surface area contributed by atoms with E-state index in [-0.39, 0.29) is 0 Å². The van der Waals surface area contributed by atoms with Gasteiger partial charge in [-0.3, -0.25) is 5.43 Å². The van der Waals surface area contributed by atoms with Gasteiger partial charge in [0.05, 0.1) is 6.20 Å². The van der Waals surface area contributed by atoms with Gasteiger partial charge >= 0.3 is 0 Å². The summed E-state index contributed by atoms with van der Waals surface area (Å²) in [6.07, 6.45) is 3.92. The first-order valence-corrected chi connectivity index (χ1v) is 6.66. The minimum atomic E-state index is 0.371. The molecule has 88 valence electrons. The molecule has 1 aromatic rings. The Morgan fingerprint density at radius 1 is 1.56 bits per heavy atom. The molecule has 2 heterocycles. The van der Waals surface area contributed by atoms with Crippen molar-refractivity contribution in [2.75, 3.05) is 22.2 Å². The number of thioether (sulfide) groups is 1. The third-order valence-corrected chi connectivity index (χ3v) is 3.87. The molecule has 7 heteroatoms. The van der Waals surface area contributed by atoms with Crippen LogP contribution in [0.4, 0.5) is 11.8 Å². The standard InChI is InChI=1S/C9H14ClN5S/c10-7-4-12-9(15-11)14-8(7)13-6-2-1-3-16-5-6/h4,6H,1-3,5,11H2,(H2,12,13,14,15). The number of hydrazine groups is 1. The van der Waals surface area contributed by atoms with Crippen LogP contribution in [0.25, 0.3) is 0 Å². The number of nitrogens with two attached hydrogens (primary N) is 1. The fourth-order valence-corrected chi connectivity index (χ4v) is 2.80. The maximum Gasteiger partial charge on any atom is 0.239 e. The average Bonchev–Trinajstić information content (AvgIpc) is 2.33. The van der Waals surface area contributed by atoms with Crippen LogP contribution in [-0.2, 0) is 0 Å². The van der Waals surface area contributed by atoms with Gasteiger partial charge in [0.1, 0.15) is 5.02 Å². The molecule has 1 aliphatic rings. The van der Waals surface area contributed by atoms with Crippen molar-refractivity contribution in [2.24, 2.45) is 5.84 Å². The molecular formula is C9H14ClN5S. The number of nitrogens with one attached hydrogen (secondary N) is 2. The molecule has 1 saturated heterocycles. The molecule has 0 radical (unpaired) electrons. The number of nitrogens with zero attached hydrogens (tertiary/aromatic N) is 2. The lowest BCUT2D eigenvalue weighted by atomic mass is 10.2. The average molecular weight is 260 g/mol. The first kappa shape index (κ1) is 11.8. The van der Waals surface area contributed by atoms with Gasteiger partial charge in [0.25, 0.3) is 0 Å². The number of nitrogen functional groups attached to an aromatic ring is 1. The Labute approximate surface area is 104 Å². The molecule has 16 heavy (non-hydrogen) atoms. The number of anilines is 2. The van der Waals surface area contributed by atoms with Gasteiger partial charge < -0.3 is 5.32 Å². The molecular weight excluding hydrogens is 246 g/mol. The van der Waals surface area contributed by atoms with Gasteiger partial charge in [-0.05, 0) is 18.6 Å². The summed E-state index contributed by atoms with van der Waals surface area (Å²) < 4.78 is 0. The SMILES string of the molecule is NNc1ncc(Cl)c(NC2CCCSC2)n1. The van der Waals surface area contributed by atoms with E-state index in [4.69, 9.17) is 17.4 Å². The van der Waals surface area contributed by atoms with Crippen LogP contribution in [-0.4, -0.2) is 27.5 Å². The fourth-order valence-electron chi connectivity index (χ4n) is 1.59. The third-order valence-electron chi connectivity index (χ3n) is 2.37. The first-order chi connectivity index (χ1) is 7.79. The molecule has 1 aromatic heterocycles. The van der Waals surface area contributed by atoms with Crippen molar-refractivity contribution < 1.29 is 0 Å². The van der Waals surface area contributed by atoms with Crippen LogP contribution in [0.15, 0.2) is 6.20 Å². The van der Waals surface area contributed by atoms with Gasteiger partial charge in [-0.15, -0.1) is 0 Å². The maximum atomic E-state index is 6.01. The van der Waals surface area contributed by atoms with E-state index in [1.54, 1.807) is 6.20 Å². The van der Waals surface area contributed by atoms with E-state index < -0.39 is 0 Å². The topological polar surface area (TPSA) is 75.9 Å². The molecule has 1 fully saturated rings. The summed E-state index contributed by atoms with van der Waals surface area (Å²) in [5, 5.41) is 3.85. The molecule has 4 N–H and O–H groups in total. The zero-order valence-electron chi connectivity index (χ0n) is 8.74. The van der Waals surface area contributed by atoms with Crippen LogP contribution in [0.2, 0.25) is 5.02 Å². The van der Waals surface area contributed by atoms with E-state index in [9.17, 15) is 0 Å². The molecule has 0 aliphatic carbocycles. The van der Waals surface area contributed by atoms with Crippen LogP contribution in [0.1, 0.15) is 12.8 Å². The van der Waals surface area contributed by atoms with Crippen LogP contribution < -0.4 is 16.6 Å². The van der Waals surface area contributed by atoms with Crippen molar-refractivity contribution in [1.82, 2.24) is 9.97 Å². The Morgan fingerprint density at radius 3 is 3.12 bits per heavy atom. The van der Waals surface area contributed by atoms with E-state index in [0.717, 1.165) is 12.2 Å². The van der Waals surface area contributed by atoms with Crippen LogP contribution in [0, 0.1) is 0 Å². The van der Waals surface area contributed by atoms with Crippen LogP contribution in [0.3, 0.4) is 0 Å². The summed E-state index contributed by atoms with van der Waals surface area (Å²) in [6, 6.07) is 0.428. The normalized spacial score (nSPS) is 20.5. The number of halogens is 1. The van der Waals surface area contributed by atoms with E-state index in [2.05, 4.69) is 20.7 Å². The van der Waals surface area contributed by atoms with Crippen molar-refractivity contribution in [3.63, 3.8) is 0 Å². The number of rotatable bonds is 3. The van der Waals surface area contributed by atoms with Crippen LogP contribution >= 0.6 is 23.4 Å². The Hall–Kier alpha value is -0.720. The highest BCUT2D eigenvalue weighted by molar-refractivity contribution is 7.99. The summed E-state index contributed by atoms with van der Waals surface area (Å²) in [7, 11) is 0. The fraction of sp³-hybridized carbons (Fsp3) is 0.556. The van der Waals surface area contributed by atoms with Gasteiger partial charge in [-0.1, -0.05) is 11.6 Å². The molecule has 1 atom stereocenters. The predicted octanol–water partition coefficient (Wildman–Crippen LogP) is 1.72. The Morgan fingerprint density at radius 2 is 2.44 bits per heavy atom. The zero-order valence-corrected chi connectivity index (χ0v) is 10.3. The number of hydrogen-bond donors (Lipinski definition) is 3. The molecule has 0 bridgehead atoms. The largest absolute Gasteiger partial charge is 0.365 e. The van der Waals surface area contributed by atoms with Crippen molar-refractivity contribution in [3.05, 3.63) is 11.2 Å².